The van der Waals surface area contributed by atoms with Crippen molar-refractivity contribution in [3.05, 3.63) is 27.1 Å². The fraction of sp³-hybridized carbons (Fsp3) is 0.600. The van der Waals surface area contributed by atoms with E-state index in [0.717, 1.165) is 19.0 Å². The van der Waals surface area contributed by atoms with Crippen LogP contribution in [0, 0.1) is 5.92 Å². The first kappa shape index (κ1) is 13.9. The summed E-state index contributed by atoms with van der Waals surface area (Å²) in [6, 6.07) is 6.85. The Kier molecular flexibility index (Phi) is 3.69. The third-order valence-corrected chi connectivity index (χ3v) is 5.82. The number of rotatable bonds is 2. The van der Waals surface area contributed by atoms with E-state index in [1.165, 1.54) is 27.5 Å². The smallest absolute Gasteiger partial charge is 0.0658 e. The van der Waals surface area contributed by atoms with Crippen LogP contribution in [0.4, 0.5) is 5.69 Å². The molecule has 4 heteroatoms. The molecule has 1 aliphatic heterocycles. The van der Waals surface area contributed by atoms with Crippen LogP contribution in [0.15, 0.2) is 27.1 Å². The predicted molar refractivity (Wildman–Crippen MR) is 87.8 cm³/mol. The number of halogens is 2. The first-order valence-corrected chi connectivity index (χ1v) is 8.55. The van der Waals surface area contributed by atoms with E-state index in [0.29, 0.717) is 6.04 Å². The summed E-state index contributed by atoms with van der Waals surface area (Å²) in [7, 11) is 0. The third kappa shape index (κ3) is 2.59. The van der Waals surface area contributed by atoms with Gasteiger partial charge in [-0.05, 0) is 76.6 Å². The molecule has 104 valence electrons. The molecule has 1 saturated carbocycles. The molecule has 0 bridgehead atoms. The molecular formula is C15H20Br2N2. The molecule has 2 fully saturated rings. The lowest BCUT2D eigenvalue weighted by Gasteiger charge is -2.47. The first-order valence-electron chi connectivity index (χ1n) is 6.97. The van der Waals surface area contributed by atoms with Gasteiger partial charge in [-0.25, -0.2) is 0 Å². The molecule has 1 aromatic rings. The van der Waals surface area contributed by atoms with Gasteiger partial charge < -0.3 is 10.2 Å². The summed E-state index contributed by atoms with van der Waals surface area (Å²) in [6.45, 7) is 6.82. The lowest BCUT2D eigenvalue weighted by molar-refractivity contribution is 0.260. The van der Waals surface area contributed by atoms with Crippen LogP contribution in [-0.4, -0.2) is 24.7 Å². The van der Waals surface area contributed by atoms with Gasteiger partial charge in [0, 0.05) is 33.6 Å². The van der Waals surface area contributed by atoms with E-state index < -0.39 is 0 Å². The van der Waals surface area contributed by atoms with Crippen LogP contribution in [-0.2, 0) is 0 Å². The average Bonchev–Trinajstić information content (AvgIpc) is 3.18. The van der Waals surface area contributed by atoms with E-state index in [1.807, 2.05) is 0 Å². The number of anilines is 1. The second-order valence-corrected chi connectivity index (χ2v) is 7.83. The van der Waals surface area contributed by atoms with Crippen LogP contribution in [0.3, 0.4) is 0 Å². The van der Waals surface area contributed by atoms with Crippen LogP contribution in [0.25, 0.3) is 0 Å². The lowest BCUT2D eigenvalue weighted by Crippen LogP contribution is -2.63. The van der Waals surface area contributed by atoms with Crippen molar-refractivity contribution in [3.8, 4) is 0 Å². The van der Waals surface area contributed by atoms with Gasteiger partial charge in [0.1, 0.15) is 0 Å². The van der Waals surface area contributed by atoms with Crippen molar-refractivity contribution in [2.45, 2.75) is 38.3 Å². The van der Waals surface area contributed by atoms with Gasteiger partial charge in [-0.1, -0.05) is 6.07 Å². The van der Waals surface area contributed by atoms with Crippen molar-refractivity contribution in [1.82, 2.24) is 5.32 Å². The molecule has 1 N–H and O–H groups in total. The molecule has 19 heavy (non-hydrogen) atoms. The minimum atomic E-state index is 0.265. The Balaban J connectivity index is 1.93. The summed E-state index contributed by atoms with van der Waals surface area (Å²) < 4.78 is 2.35. The number of para-hydroxylation sites is 1. The molecule has 0 aromatic heterocycles. The highest BCUT2D eigenvalue weighted by Gasteiger charge is 2.45. The molecule has 3 rings (SSSR count). The second kappa shape index (κ2) is 5.05. The van der Waals surface area contributed by atoms with Crippen molar-refractivity contribution in [3.63, 3.8) is 0 Å². The van der Waals surface area contributed by atoms with Gasteiger partial charge >= 0.3 is 0 Å². The molecule has 2 aliphatic rings. The number of hydrogen-bond donors (Lipinski definition) is 1. The Morgan fingerprint density at radius 1 is 1.26 bits per heavy atom. The van der Waals surface area contributed by atoms with E-state index in [4.69, 9.17) is 0 Å². The molecule has 1 heterocycles. The van der Waals surface area contributed by atoms with Gasteiger partial charge in [0.25, 0.3) is 0 Å². The van der Waals surface area contributed by atoms with Gasteiger partial charge in [-0.2, -0.15) is 0 Å². The topological polar surface area (TPSA) is 15.3 Å². The highest BCUT2D eigenvalue weighted by molar-refractivity contribution is 9.11. The Bertz CT molecular complexity index is 467. The Labute approximate surface area is 132 Å². The summed E-state index contributed by atoms with van der Waals surface area (Å²) in [4.78, 5) is 2.54. The fourth-order valence-corrected chi connectivity index (χ4v) is 4.57. The average molecular weight is 388 g/mol. The normalized spacial score (nSPS) is 31.6. The predicted octanol–water partition coefficient (Wildman–Crippen LogP) is 4.18. The number of benzene rings is 1. The van der Waals surface area contributed by atoms with Gasteiger partial charge in [0.15, 0.2) is 0 Å². The van der Waals surface area contributed by atoms with E-state index >= 15 is 0 Å². The van der Waals surface area contributed by atoms with Crippen molar-refractivity contribution >= 4 is 37.5 Å². The van der Waals surface area contributed by atoms with Crippen LogP contribution >= 0.6 is 31.9 Å². The minimum Gasteiger partial charge on any atom is -0.364 e. The monoisotopic (exact) mass is 386 g/mol. The van der Waals surface area contributed by atoms with Crippen LogP contribution in [0.2, 0.25) is 0 Å². The molecule has 0 spiro atoms. The molecule has 2 unspecified atom stereocenters. The van der Waals surface area contributed by atoms with Crippen LogP contribution < -0.4 is 10.2 Å². The van der Waals surface area contributed by atoms with Crippen LogP contribution in [0.1, 0.15) is 26.7 Å². The summed E-state index contributed by atoms with van der Waals surface area (Å²) in [5.41, 5.74) is 1.56. The first-order chi connectivity index (χ1) is 9.01. The summed E-state index contributed by atoms with van der Waals surface area (Å²) >= 11 is 7.42. The quantitative estimate of drug-likeness (QED) is 0.818. The zero-order valence-electron chi connectivity index (χ0n) is 11.4. The van der Waals surface area contributed by atoms with E-state index in [1.54, 1.807) is 0 Å². The maximum Gasteiger partial charge on any atom is 0.0658 e. The van der Waals surface area contributed by atoms with Gasteiger partial charge in [0.05, 0.1) is 5.69 Å². The summed E-state index contributed by atoms with van der Waals surface area (Å²) in [6.07, 6.45) is 2.76. The number of nitrogens with zero attached hydrogens (tertiary/aromatic N) is 1. The molecule has 1 aliphatic carbocycles. The molecule has 2 nitrogen and oxygen atoms in total. The highest BCUT2D eigenvalue weighted by Crippen LogP contribution is 2.44. The Morgan fingerprint density at radius 2 is 1.89 bits per heavy atom. The highest BCUT2D eigenvalue weighted by atomic mass is 79.9. The van der Waals surface area contributed by atoms with Crippen molar-refractivity contribution in [2.75, 3.05) is 18.0 Å². The largest absolute Gasteiger partial charge is 0.364 e. The standard InChI is InChI=1S/C15H20Br2N2/c1-10-8-18-15(2,11-6-7-11)9-19(10)14-12(16)4-3-5-13(14)17/h3-5,10-11,18H,6-9H2,1-2H3. The summed E-state index contributed by atoms with van der Waals surface area (Å²) in [5, 5.41) is 3.77. The van der Waals surface area contributed by atoms with Gasteiger partial charge in [-0.15, -0.1) is 0 Å². The third-order valence-electron chi connectivity index (χ3n) is 4.54. The molecule has 1 saturated heterocycles. The van der Waals surface area contributed by atoms with Crippen LogP contribution in [0.5, 0.6) is 0 Å². The van der Waals surface area contributed by atoms with E-state index in [9.17, 15) is 0 Å². The van der Waals surface area contributed by atoms with Gasteiger partial charge in [-0.3, -0.25) is 0 Å². The van der Waals surface area contributed by atoms with E-state index in [2.05, 4.69) is 74.1 Å². The molecule has 0 radical (unpaired) electrons. The van der Waals surface area contributed by atoms with Crippen molar-refractivity contribution in [2.24, 2.45) is 5.92 Å². The SMILES string of the molecule is CC1CNC(C)(C2CC2)CN1c1c(Br)cccc1Br. The Hall–Kier alpha value is -0.0600. The number of hydrogen-bond acceptors (Lipinski definition) is 2. The number of piperazine rings is 1. The maximum atomic E-state index is 3.77. The van der Waals surface area contributed by atoms with Gasteiger partial charge in [0.2, 0.25) is 0 Å². The van der Waals surface area contributed by atoms with E-state index in [-0.39, 0.29) is 5.54 Å². The molecular weight excluding hydrogens is 368 g/mol. The Morgan fingerprint density at radius 3 is 2.47 bits per heavy atom. The summed E-state index contributed by atoms with van der Waals surface area (Å²) in [5.74, 6) is 0.851. The van der Waals surface area contributed by atoms with Crippen molar-refractivity contribution in [1.29, 1.82) is 0 Å². The molecule has 0 amide bonds. The second-order valence-electron chi connectivity index (χ2n) is 6.12. The molecule has 1 aromatic carbocycles. The maximum absolute atomic E-state index is 3.77. The fourth-order valence-electron chi connectivity index (χ4n) is 3.11. The number of nitrogens with one attached hydrogen (secondary N) is 1. The molecule has 2 atom stereocenters. The zero-order valence-corrected chi connectivity index (χ0v) is 14.6. The minimum absolute atomic E-state index is 0.265. The van der Waals surface area contributed by atoms with Crippen molar-refractivity contribution < 1.29 is 0 Å². The zero-order chi connectivity index (χ0) is 13.6. The lowest BCUT2D eigenvalue weighted by atomic mass is 9.91.